The molecule has 1 heterocycles. The Morgan fingerprint density at radius 1 is 1.27 bits per heavy atom. The maximum absolute atomic E-state index is 13.7. The zero-order chi connectivity index (χ0) is 18.7. The van der Waals surface area contributed by atoms with E-state index in [2.05, 4.69) is 5.32 Å². The predicted octanol–water partition coefficient (Wildman–Crippen LogP) is 3.36. The number of hydrogen-bond donors (Lipinski definition) is 1. The van der Waals surface area contributed by atoms with Gasteiger partial charge >= 0.3 is 0 Å². The molecule has 0 unspecified atom stereocenters. The van der Waals surface area contributed by atoms with Crippen molar-refractivity contribution in [3.63, 3.8) is 0 Å². The number of benzene rings is 2. The van der Waals surface area contributed by atoms with Gasteiger partial charge in [-0.3, -0.25) is 9.59 Å². The predicted molar refractivity (Wildman–Crippen MR) is 93.1 cm³/mol. The van der Waals surface area contributed by atoms with Gasteiger partial charge in [-0.15, -0.1) is 0 Å². The molecule has 1 aliphatic heterocycles. The first-order chi connectivity index (χ1) is 12.5. The van der Waals surface area contributed by atoms with Crippen molar-refractivity contribution in [3.8, 4) is 5.75 Å². The van der Waals surface area contributed by atoms with E-state index in [4.69, 9.17) is 4.74 Å². The van der Waals surface area contributed by atoms with Crippen LogP contribution >= 0.6 is 0 Å². The fraction of sp³-hybridized carbons (Fsp3) is 0.263. The first-order valence-corrected chi connectivity index (χ1v) is 8.27. The van der Waals surface area contributed by atoms with Gasteiger partial charge in [0.2, 0.25) is 11.8 Å². The highest BCUT2D eigenvalue weighted by atomic mass is 19.1. The summed E-state index contributed by atoms with van der Waals surface area (Å²) in [5.41, 5.74) is 0.486. The molecule has 1 N–H and O–H groups in total. The van der Waals surface area contributed by atoms with Crippen molar-refractivity contribution in [1.29, 1.82) is 0 Å². The van der Waals surface area contributed by atoms with Crippen molar-refractivity contribution >= 4 is 23.2 Å². The summed E-state index contributed by atoms with van der Waals surface area (Å²) in [4.78, 5) is 26.3. The van der Waals surface area contributed by atoms with E-state index in [0.29, 0.717) is 24.1 Å². The van der Waals surface area contributed by atoms with E-state index >= 15 is 0 Å². The molecule has 0 aromatic heterocycles. The topological polar surface area (TPSA) is 58.6 Å². The van der Waals surface area contributed by atoms with Crippen LogP contribution in [0.2, 0.25) is 0 Å². The summed E-state index contributed by atoms with van der Waals surface area (Å²) >= 11 is 0. The van der Waals surface area contributed by atoms with Crippen LogP contribution in [0, 0.1) is 17.6 Å². The number of nitrogens with one attached hydrogen (secondary N) is 1. The smallest absolute Gasteiger partial charge is 0.229 e. The number of ether oxygens (including phenoxy) is 1. The fourth-order valence-electron chi connectivity index (χ4n) is 2.90. The molecule has 1 aliphatic rings. The normalized spacial score (nSPS) is 16.7. The van der Waals surface area contributed by atoms with Crippen molar-refractivity contribution in [3.05, 3.63) is 54.1 Å². The number of hydrogen-bond acceptors (Lipinski definition) is 3. The second-order valence-electron chi connectivity index (χ2n) is 5.92. The van der Waals surface area contributed by atoms with Gasteiger partial charge < -0.3 is 15.0 Å². The van der Waals surface area contributed by atoms with Gasteiger partial charge in [-0.05, 0) is 31.2 Å². The number of para-hydroxylation sites is 2. The molecule has 26 heavy (non-hydrogen) atoms. The summed E-state index contributed by atoms with van der Waals surface area (Å²) < 4.78 is 32.2. The van der Waals surface area contributed by atoms with Crippen LogP contribution in [0.3, 0.4) is 0 Å². The van der Waals surface area contributed by atoms with E-state index in [0.717, 1.165) is 12.1 Å². The lowest BCUT2D eigenvalue weighted by molar-refractivity contribution is -0.122. The third-order valence-electron chi connectivity index (χ3n) is 4.14. The van der Waals surface area contributed by atoms with Crippen molar-refractivity contribution in [2.45, 2.75) is 13.3 Å². The van der Waals surface area contributed by atoms with Gasteiger partial charge in [-0.1, -0.05) is 12.1 Å². The number of carbonyl (C=O) groups is 2. The fourth-order valence-corrected chi connectivity index (χ4v) is 2.90. The van der Waals surface area contributed by atoms with E-state index in [1.165, 1.54) is 4.90 Å². The first kappa shape index (κ1) is 17.8. The molecule has 3 rings (SSSR count). The first-order valence-electron chi connectivity index (χ1n) is 8.27. The Bertz CT molecular complexity index is 841. The monoisotopic (exact) mass is 360 g/mol. The Morgan fingerprint density at radius 2 is 2.04 bits per heavy atom. The number of carbonyl (C=O) groups excluding carboxylic acids is 2. The average molecular weight is 360 g/mol. The lowest BCUT2D eigenvalue weighted by Crippen LogP contribution is -2.28. The minimum absolute atomic E-state index is 0.00903. The Kier molecular flexibility index (Phi) is 5.16. The second-order valence-corrected chi connectivity index (χ2v) is 5.92. The molecular weight excluding hydrogens is 342 g/mol. The molecule has 2 aromatic rings. The summed E-state index contributed by atoms with van der Waals surface area (Å²) in [6.45, 7) is 2.46. The van der Waals surface area contributed by atoms with Crippen LogP contribution < -0.4 is 15.0 Å². The number of amides is 2. The number of anilines is 2. The number of nitrogens with zero attached hydrogens (tertiary/aromatic N) is 1. The van der Waals surface area contributed by atoms with Crippen molar-refractivity contribution < 1.29 is 23.1 Å². The van der Waals surface area contributed by atoms with E-state index < -0.39 is 23.5 Å². The van der Waals surface area contributed by atoms with E-state index in [-0.39, 0.29) is 24.6 Å². The third kappa shape index (κ3) is 3.66. The van der Waals surface area contributed by atoms with Crippen LogP contribution in [0.4, 0.5) is 20.2 Å². The number of rotatable bonds is 5. The lowest BCUT2D eigenvalue weighted by atomic mass is 10.1. The SMILES string of the molecule is CCOc1ccccc1N1C[C@@H](C(=O)Nc2ccc(F)cc2F)CC1=O. The van der Waals surface area contributed by atoms with Gasteiger partial charge in [-0.2, -0.15) is 0 Å². The Labute approximate surface area is 149 Å². The third-order valence-corrected chi connectivity index (χ3v) is 4.14. The molecule has 1 atom stereocenters. The van der Waals surface area contributed by atoms with Crippen LogP contribution in [0.1, 0.15) is 13.3 Å². The Balaban J connectivity index is 1.74. The quantitative estimate of drug-likeness (QED) is 0.890. The average Bonchev–Trinajstić information content (AvgIpc) is 3.00. The lowest BCUT2D eigenvalue weighted by Gasteiger charge is -2.20. The largest absolute Gasteiger partial charge is 0.492 e. The van der Waals surface area contributed by atoms with Gasteiger partial charge in [0.05, 0.1) is 23.9 Å². The summed E-state index contributed by atoms with van der Waals surface area (Å²) in [7, 11) is 0. The highest BCUT2D eigenvalue weighted by Gasteiger charge is 2.36. The van der Waals surface area contributed by atoms with Crippen LogP contribution in [-0.4, -0.2) is 25.0 Å². The minimum atomic E-state index is -0.860. The van der Waals surface area contributed by atoms with Crippen molar-refractivity contribution in [1.82, 2.24) is 0 Å². The summed E-state index contributed by atoms with van der Waals surface area (Å²) in [5, 5.41) is 2.42. The van der Waals surface area contributed by atoms with E-state index in [1.54, 1.807) is 24.3 Å². The zero-order valence-corrected chi connectivity index (χ0v) is 14.2. The van der Waals surface area contributed by atoms with E-state index in [1.807, 2.05) is 6.92 Å². The van der Waals surface area contributed by atoms with Gasteiger partial charge in [0.25, 0.3) is 0 Å². The molecule has 1 fully saturated rings. The molecule has 0 aliphatic carbocycles. The van der Waals surface area contributed by atoms with Gasteiger partial charge in [0, 0.05) is 19.0 Å². The standard InChI is InChI=1S/C19H18F2N2O3/c1-2-26-17-6-4-3-5-16(17)23-11-12(9-18(23)24)19(25)22-15-8-7-13(20)10-14(15)21/h3-8,10,12H,2,9,11H2,1H3,(H,22,25)/t12-/m0/s1. The van der Waals surface area contributed by atoms with Crippen molar-refractivity contribution in [2.75, 3.05) is 23.4 Å². The van der Waals surface area contributed by atoms with Crippen LogP contribution in [0.5, 0.6) is 5.75 Å². The Hall–Kier alpha value is -2.96. The molecule has 136 valence electrons. The van der Waals surface area contributed by atoms with Crippen LogP contribution in [-0.2, 0) is 9.59 Å². The molecule has 0 bridgehead atoms. The van der Waals surface area contributed by atoms with Crippen LogP contribution in [0.15, 0.2) is 42.5 Å². The molecule has 1 saturated heterocycles. The molecule has 2 aromatic carbocycles. The highest BCUT2D eigenvalue weighted by molar-refractivity contribution is 6.04. The van der Waals surface area contributed by atoms with Gasteiger partial charge in [0.15, 0.2) is 0 Å². The molecule has 0 radical (unpaired) electrons. The second kappa shape index (κ2) is 7.51. The molecule has 2 amide bonds. The maximum atomic E-state index is 13.7. The number of halogens is 2. The molecule has 7 heteroatoms. The summed E-state index contributed by atoms with van der Waals surface area (Å²) in [6, 6.07) is 10.0. The summed E-state index contributed by atoms with van der Waals surface area (Å²) in [6.07, 6.45) is 0.00903. The van der Waals surface area contributed by atoms with Gasteiger partial charge in [-0.25, -0.2) is 8.78 Å². The maximum Gasteiger partial charge on any atom is 0.229 e. The Morgan fingerprint density at radius 3 is 2.77 bits per heavy atom. The van der Waals surface area contributed by atoms with Gasteiger partial charge in [0.1, 0.15) is 17.4 Å². The van der Waals surface area contributed by atoms with Crippen LogP contribution in [0.25, 0.3) is 0 Å². The molecule has 0 spiro atoms. The molecule has 0 saturated carbocycles. The minimum Gasteiger partial charge on any atom is -0.492 e. The van der Waals surface area contributed by atoms with Crippen molar-refractivity contribution in [2.24, 2.45) is 5.92 Å². The summed E-state index contributed by atoms with van der Waals surface area (Å²) in [5.74, 6) is -2.36. The highest BCUT2D eigenvalue weighted by Crippen LogP contribution is 2.33. The van der Waals surface area contributed by atoms with E-state index in [9.17, 15) is 18.4 Å². The molecule has 5 nitrogen and oxygen atoms in total. The zero-order valence-electron chi connectivity index (χ0n) is 14.2. The molecular formula is C19H18F2N2O3.